The Hall–Kier alpha value is -1.97. The molecule has 0 aliphatic rings. The highest BCUT2D eigenvalue weighted by Gasteiger charge is 2.48. The highest BCUT2D eigenvalue weighted by molar-refractivity contribution is 7.87. The minimum atomic E-state index is -5.92. The summed E-state index contributed by atoms with van der Waals surface area (Å²) in [6.45, 7) is 0. The highest BCUT2D eigenvalue weighted by atomic mass is 32.2. The van der Waals surface area contributed by atoms with E-state index < -0.39 is 38.5 Å². The summed E-state index contributed by atoms with van der Waals surface area (Å²) in [6, 6.07) is 2.10. The molecule has 0 aliphatic carbocycles. The average molecular weight is 313 g/mol. The van der Waals surface area contributed by atoms with E-state index in [0.29, 0.717) is 12.3 Å². The van der Waals surface area contributed by atoms with Crippen LogP contribution in [0.5, 0.6) is 5.88 Å². The molecule has 0 radical (unpaired) electrons. The second kappa shape index (κ2) is 4.54. The number of alkyl halides is 3. The van der Waals surface area contributed by atoms with Crippen LogP contribution in [0.25, 0.3) is 10.8 Å². The first-order chi connectivity index (χ1) is 9.12. The summed E-state index contributed by atoms with van der Waals surface area (Å²) >= 11 is 0. The standard InChI is InChI=1S/C10H4F5NO3S/c11-7-1-2-8(12)6-4-16-9(3-5(6)7)19-20(17,18)10(13,14)15/h1-4H. The van der Waals surface area contributed by atoms with Crippen LogP contribution in [0.3, 0.4) is 0 Å². The molecule has 0 fully saturated rings. The van der Waals surface area contributed by atoms with Crippen LogP contribution in [0.4, 0.5) is 22.0 Å². The van der Waals surface area contributed by atoms with Crippen molar-refractivity contribution >= 4 is 20.9 Å². The van der Waals surface area contributed by atoms with Crippen LogP contribution in [0.2, 0.25) is 0 Å². The van der Waals surface area contributed by atoms with Crippen LogP contribution in [0.1, 0.15) is 0 Å². The smallest absolute Gasteiger partial charge is 0.355 e. The third-order valence-corrected chi connectivity index (χ3v) is 3.21. The third kappa shape index (κ3) is 2.50. The summed E-state index contributed by atoms with van der Waals surface area (Å²) in [5.74, 6) is -2.84. The maximum Gasteiger partial charge on any atom is 0.534 e. The molecule has 1 aromatic carbocycles. The zero-order valence-electron chi connectivity index (χ0n) is 9.28. The molecule has 0 saturated heterocycles. The number of hydrogen-bond acceptors (Lipinski definition) is 4. The molecule has 0 amide bonds. The Balaban J connectivity index is 2.51. The van der Waals surface area contributed by atoms with Crippen LogP contribution in [-0.2, 0) is 10.1 Å². The van der Waals surface area contributed by atoms with E-state index in [-0.39, 0.29) is 5.39 Å². The summed E-state index contributed by atoms with van der Waals surface area (Å²) in [7, 11) is -5.92. The van der Waals surface area contributed by atoms with Gasteiger partial charge < -0.3 is 4.18 Å². The summed E-state index contributed by atoms with van der Waals surface area (Å²) in [6.07, 6.45) is 0.676. The predicted octanol–water partition coefficient (Wildman–Crippen LogP) is 2.74. The molecule has 0 saturated carbocycles. The van der Waals surface area contributed by atoms with Gasteiger partial charge in [-0.1, -0.05) is 0 Å². The first-order valence-corrected chi connectivity index (χ1v) is 6.27. The topological polar surface area (TPSA) is 56.3 Å². The van der Waals surface area contributed by atoms with E-state index in [0.717, 1.165) is 12.1 Å². The summed E-state index contributed by atoms with van der Waals surface area (Å²) in [5, 5.41) is -0.769. The number of fused-ring (bicyclic) bond motifs is 1. The predicted molar refractivity (Wildman–Crippen MR) is 57.3 cm³/mol. The fraction of sp³-hybridized carbons (Fsp3) is 0.100. The van der Waals surface area contributed by atoms with E-state index in [9.17, 15) is 30.4 Å². The van der Waals surface area contributed by atoms with Gasteiger partial charge in [0.25, 0.3) is 0 Å². The van der Waals surface area contributed by atoms with Gasteiger partial charge in [0, 0.05) is 23.0 Å². The number of pyridine rings is 1. The Bertz CT molecular complexity index is 772. The molecule has 1 heterocycles. The number of benzene rings is 1. The minimum Gasteiger partial charge on any atom is -0.355 e. The van der Waals surface area contributed by atoms with Crippen LogP contribution < -0.4 is 4.18 Å². The van der Waals surface area contributed by atoms with Gasteiger partial charge in [0.05, 0.1) is 0 Å². The Morgan fingerprint density at radius 1 is 1.05 bits per heavy atom. The van der Waals surface area contributed by atoms with Crippen molar-refractivity contribution in [2.75, 3.05) is 0 Å². The van der Waals surface area contributed by atoms with E-state index in [1.54, 1.807) is 0 Å². The molecule has 0 N–H and O–H groups in total. The first kappa shape index (κ1) is 14.4. The zero-order valence-corrected chi connectivity index (χ0v) is 10.1. The number of halogens is 5. The van der Waals surface area contributed by atoms with Crippen molar-refractivity contribution < 1.29 is 34.6 Å². The number of rotatable bonds is 2. The Morgan fingerprint density at radius 3 is 2.15 bits per heavy atom. The van der Waals surface area contributed by atoms with E-state index in [1.165, 1.54) is 0 Å². The number of nitrogens with zero attached hydrogens (tertiary/aromatic N) is 1. The molecular weight excluding hydrogens is 309 g/mol. The Labute approximate surface area is 108 Å². The second-order valence-electron chi connectivity index (χ2n) is 3.58. The van der Waals surface area contributed by atoms with Crippen molar-refractivity contribution in [3.63, 3.8) is 0 Å². The van der Waals surface area contributed by atoms with Crippen LogP contribution in [0.15, 0.2) is 24.4 Å². The van der Waals surface area contributed by atoms with Gasteiger partial charge in [0.15, 0.2) is 0 Å². The molecule has 0 spiro atoms. The lowest BCUT2D eigenvalue weighted by molar-refractivity contribution is -0.0501. The zero-order chi connectivity index (χ0) is 15.1. The largest absolute Gasteiger partial charge is 0.534 e. The summed E-state index contributed by atoms with van der Waals surface area (Å²) in [4.78, 5) is 3.20. The van der Waals surface area contributed by atoms with Crippen molar-refractivity contribution in [2.24, 2.45) is 0 Å². The van der Waals surface area contributed by atoms with Gasteiger partial charge in [-0.05, 0) is 12.1 Å². The van der Waals surface area contributed by atoms with Gasteiger partial charge in [-0.3, -0.25) is 0 Å². The van der Waals surface area contributed by atoms with Crippen LogP contribution in [0, 0.1) is 11.6 Å². The fourth-order valence-corrected chi connectivity index (χ4v) is 1.77. The average Bonchev–Trinajstić information content (AvgIpc) is 2.32. The quantitative estimate of drug-likeness (QED) is 0.486. The first-order valence-electron chi connectivity index (χ1n) is 4.86. The molecule has 0 bridgehead atoms. The summed E-state index contributed by atoms with van der Waals surface area (Å²) < 4.78 is 88.2. The van der Waals surface area contributed by atoms with E-state index >= 15 is 0 Å². The van der Waals surface area contributed by atoms with E-state index in [2.05, 4.69) is 9.17 Å². The van der Waals surface area contributed by atoms with Crippen molar-refractivity contribution in [1.82, 2.24) is 4.98 Å². The van der Waals surface area contributed by atoms with Crippen molar-refractivity contribution in [3.05, 3.63) is 36.0 Å². The fourth-order valence-electron chi connectivity index (χ4n) is 1.36. The van der Waals surface area contributed by atoms with Gasteiger partial charge in [-0.2, -0.15) is 21.6 Å². The summed E-state index contributed by atoms with van der Waals surface area (Å²) in [5.41, 5.74) is -5.65. The molecule has 2 aromatic rings. The Kier molecular flexibility index (Phi) is 3.28. The number of aromatic nitrogens is 1. The minimum absolute atomic E-state index is 0.318. The molecule has 2 rings (SSSR count). The molecule has 4 nitrogen and oxygen atoms in total. The van der Waals surface area contributed by atoms with E-state index in [1.807, 2.05) is 0 Å². The van der Waals surface area contributed by atoms with Crippen molar-refractivity contribution in [2.45, 2.75) is 5.51 Å². The van der Waals surface area contributed by atoms with Crippen LogP contribution in [-0.4, -0.2) is 18.9 Å². The third-order valence-electron chi connectivity index (χ3n) is 2.25. The van der Waals surface area contributed by atoms with Crippen LogP contribution >= 0.6 is 0 Å². The maximum absolute atomic E-state index is 13.4. The monoisotopic (exact) mass is 313 g/mol. The molecule has 0 unspecified atom stereocenters. The van der Waals surface area contributed by atoms with Gasteiger partial charge in [-0.15, -0.1) is 0 Å². The lowest BCUT2D eigenvalue weighted by Crippen LogP contribution is -2.28. The molecule has 0 aliphatic heterocycles. The van der Waals surface area contributed by atoms with Crippen molar-refractivity contribution in [3.8, 4) is 5.88 Å². The van der Waals surface area contributed by atoms with Gasteiger partial charge in [-0.25, -0.2) is 13.8 Å². The van der Waals surface area contributed by atoms with Gasteiger partial charge in [0.1, 0.15) is 11.6 Å². The SMILES string of the molecule is O=S(=O)(Oc1cc2c(F)ccc(F)c2cn1)C(F)(F)F. The molecule has 108 valence electrons. The van der Waals surface area contributed by atoms with E-state index in [4.69, 9.17) is 0 Å². The molecule has 10 heteroatoms. The van der Waals surface area contributed by atoms with Gasteiger partial charge >= 0.3 is 15.6 Å². The van der Waals surface area contributed by atoms with Crippen molar-refractivity contribution in [1.29, 1.82) is 0 Å². The molecule has 0 atom stereocenters. The van der Waals surface area contributed by atoms with Gasteiger partial charge in [0.2, 0.25) is 5.88 Å². The second-order valence-corrected chi connectivity index (χ2v) is 5.12. The lowest BCUT2D eigenvalue weighted by atomic mass is 10.1. The number of hydrogen-bond donors (Lipinski definition) is 0. The molecule has 1 aromatic heterocycles. The normalized spacial score (nSPS) is 12.7. The Morgan fingerprint density at radius 2 is 1.60 bits per heavy atom. The highest BCUT2D eigenvalue weighted by Crippen LogP contribution is 2.28. The molecular formula is C10H4F5NO3S. The maximum atomic E-state index is 13.4. The molecule has 20 heavy (non-hydrogen) atoms. The lowest BCUT2D eigenvalue weighted by Gasteiger charge is -2.09.